The van der Waals surface area contributed by atoms with Crippen LogP contribution in [0.5, 0.6) is 0 Å². The van der Waals surface area contributed by atoms with Gasteiger partial charge >= 0.3 is 0 Å². The lowest BCUT2D eigenvalue weighted by Crippen LogP contribution is -2.04. The number of halogens is 9. The molecule has 1 aromatic rings. The third-order valence-corrected chi connectivity index (χ3v) is 1.16. The van der Waals surface area contributed by atoms with E-state index in [9.17, 15) is 26.3 Å². The standard InChI is InChI=1S/C6F6.CHCl3/c7-1-2(8)4(10)6(12)5(11)3(1)9;2-1(3)4/h;1H. The van der Waals surface area contributed by atoms with Crippen LogP contribution in [0.3, 0.4) is 0 Å². The Morgan fingerprint density at radius 3 is 0.625 bits per heavy atom. The van der Waals surface area contributed by atoms with Crippen molar-refractivity contribution in [3.05, 3.63) is 34.9 Å². The average molecular weight is 305 g/mol. The van der Waals surface area contributed by atoms with Crippen molar-refractivity contribution in [2.75, 3.05) is 0 Å². The molecule has 0 saturated heterocycles. The van der Waals surface area contributed by atoms with Gasteiger partial charge in [-0.25, -0.2) is 26.3 Å². The number of hydrogen-bond donors (Lipinski definition) is 0. The molecule has 1 aromatic carbocycles. The number of alkyl halides is 3. The molecule has 0 N–H and O–H groups in total. The Morgan fingerprint density at radius 1 is 0.500 bits per heavy atom. The predicted molar refractivity (Wildman–Crippen MR) is 47.5 cm³/mol. The summed E-state index contributed by atoms with van der Waals surface area (Å²) in [5, 5.41) is 0. The van der Waals surface area contributed by atoms with Crippen molar-refractivity contribution in [3.8, 4) is 0 Å². The van der Waals surface area contributed by atoms with Gasteiger partial charge in [-0.2, -0.15) is 0 Å². The maximum Gasteiger partial charge on any atom is 0.200 e. The lowest BCUT2D eigenvalue weighted by Gasteiger charge is -1.99. The van der Waals surface area contributed by atoms with Gasteiger partial charge in [0.2, 0.25) is 34.9 Å². The Bertz CT molecular complexity index is 273. The van der Waals surface area contributed by atoms with Gasteiger partial charge in [0.25, 0.3) is 0 Å². The molecular weight excluding hydrogens is 304 g/mol. The van der Waals surface area contributed by atoms with E-state index in [1.807, 2.05) is 0 Å². The quantitative estimate of drug-likeness (QED) is 0.286. The molecule has 0 saturated carbocycles. The molecule has 0 aliphatic heterocycles. The highest BCUT2D eigenvalue weighted by molar-refractivity contribution is 6.63. The summed E-state index contributed by atoms with van der Waals surface area (Å²) in [6.45, 7) is 0. The van der Waals surface area contributed by atoms with Crippen LogP contribution in [0.4, 0.5) is 26.3 Å². The van der Waals surface area contributed by atoms with E-state index in [1.54, 1.807) is 0 Å². The van der Waals surface area contributed by atoms with E-state index in [2.05, 4.69) is 0 Å². The molecule has 0 fully saturated rings. The van der Waals surface area contributed by atoms with E-state index in [-0.39, 0.29) is 0 Å². The largest absolute Gasteiger partial charge is 0.200 e. The van der Waals surface area contributed by atoms with Gasteiger partial charge in [0, 0.05) is 0 Å². The van der Waals surface area contributed by atoms with Crippen molar-refractivity contribution in [3.63, 3.8) is 0 Å². The predicted octanol–water partition coefficient (Wildman–Crippen LogP) is 4.51. The van der Waals surface area contributed by atoms with Crippen LogP contribution in [0, 0.1) is 34.9 Å². The van der Waals surface area contributed by atoms with Gasteiger partial charge in [-0.15, -0.1) is 0 Å². The van der Waals surface area contributed by atoms with Crippen molar-refractivity contribution in [2.45, 2.75) is 4.30 Å². The highest BCUT2D eigenvalue weighted by Crippen LogP contribution is 2.20. The van der Waals surface area contributed by atoms with E-state index in [1.165, 1.54) is 0 Å². The topological polar surface area (TPSA) is 0 Å². The van der Waals surface area contributed by atoms with E-state index >= 15 is 0 Å². The van der Waals surface area contributed by atoms with E-state index in [4.69, 9.17) is 34.8 Å². The molecule has 0 aromatic heterocycles. The minimum Gasteiger partial charge on any atom is -0.200 e. The van der Waals surface area contributed by atoms with Gasteiger partial charge in [-0.3, -0.25) is 0 Å². The minimum atomic E-state index is -2.37. The molecule has 0 atom stereocenters. The first kappa shape index (κ1) is 15.7. The average Bonchev–Trinajstić information content (AvgIpc) is 2.20. The Balaban J connectivity index is 0.000000487. The highest BCUT2D eigenvalue weighted by atomic mass is 35.6. The molecule has 0 radical (unpaired) electrons. The molecule has 0 amide bonds. The zero-order chi connectivity index (χ0) is 13.0. The van der Waals surface area contributed by atoms with Crippen LogP contribution in [-0.2, 0) is 0 Å². The minimum absolute atomic E-state index is 0.750. The molecule has 0 unspecified atom stereocenters. The molecule has 16 heavy (non-hydrogen) atoms. The molecule has 0 nitrogen and oxygen atoms in total. The van der Waals surface area contributed by atoms with E-state index in [0.717, 1.165) is 0 Å². The molecule has 0 aliphatic carbocycles. The maximum atomic E-state index is 12.0. The van der Waals surface area contributed by atoms with E-state index in [0.29, 0.717) is 0 Å². The zero-order valence-corrected chi connectivity index (χ0v) is 9.25. The zero-order valence-electron chi connectivity index (χ0n) is 6.98. The smallest absolute Gasteiger partial charge is 0.200 e. The fraction of sp³-hybridized carbons (Fsp3) is 0.143. The molecular formula is C7HCl3F6. The molecule has 9 heteroatoms. The summed E-state index contributed by atoms with van der Waals surface area (Å²) >= 11 is 14.4. The van der Waals surface area contributed by atoms with Crippen molar-refractivity contribution >= 4 is 34.8 Å². The first-order valence-corrected chi connectivity index (χ1v) is 4.60. The summed E-state index contributed by atoms with van der Waals surface area (Å²) in [4.78, 5) is 0. The van der Waals surface area contributed by atoms with Crippen LogP contribution in [0.2, 0.25) is 0 Å². The Morgan fingerprint density at radius 2 is 0.562 bits per heavy atom. The normalized spacial score (nSPS) is 10.1. The van der Waals surface area contributed by atoms with Crippen LogP contribution in [0.15, 0.2) is 0 Å². The molecule has 1 rings (SSSR count). The second-order valence-corrected chi connectivity index (χ2v) is 4.11. The lowest BCUT2D eigenvalue weighted by atomic mass is 10.3. The second kappa shape index (κ2) is 6.42. The summed E-state index contributed by atoms with van der Waals surface area (Å²) in [7, 11) is 0. The third-order valence-electron chi connectivity index (χ3n) is 1.16. The fourth-order valence-electron chi connectivity index (χ4n) is 0.578. The van der Waals surface area contributed by atoms with Crippen molar-refractivity contribution in [2.24, 2.45) is 0 Å². The fourth-order valence-corrected chi connectivity index (χ4v) is 0.578. The van der Waals surface area contributed by atoms with Crippen LogP contribution < -0.4 is 0 Å². The molecule has 0 spiro atoms. The summed E-state index contributed by atoms with van der Waals surface area (Å²) in [5.41, 5.74) is 0. The van der Waals surface area contributed by atoms with Gasteiger partial charge in [0.15, 0.2) is 4.30 Å². The summed E-state index contributed by atoms with van der Waals surface area (Å²) < 4.78 is 71.5. The SMILES string of the molecule is ClC(Cl)Cl.Fc1c(F)c(F)c(F)c(F)c1F. The van der Waals surface area contributed by atoms with Gasteiger partial charge in [0.05, 0.1) is 0 Å². The van der Waals surface area contributed by atoms with Gasteiger partial charge < -0.3 is 0 Å². The van der Waals surface area contributed by atoms with Crippen LogP contribution in [0.25, 0.3) is 0 Å². The third kappa shape index (κ3) is 3.92. The maximum absolute atomic E-state index is 12.0. The van der Waals surface area contributed by atoms with E-state index < -0.39 is 39.2 Å². The Kier molecular flexibility index (Phi) is 6.28. The Labute approximate surface area is 101 Å². The molecule has 92 valence electrons. The molecule has 0 heterocycles. The summed E-state index contributed by atoms with van der Waals surface area (Å²) in [6.07, 6.45) is 0. The number of rotatable bonds is 0. The van der Waals surface area contributed by atoms with Gasteiger partial charge in [-0.1, -0.05) is 34.8 Å². The number of benzene rings is 1. The Hall–Kier alpha value is -0.330. The van der Waals surface area contributed by atoms with Crippen LogP contribution in [0.1, 0.15) is 0 Å². The number of hydrogen-bond acceptors (Lipinski definition) is 0. The lowest BCUT2D eigenvalue weighted by molar-refractivity contribution is 0.334. The van der Waals surface area contributed by atoms with Gasteiger partial charge in [0.1, 0.15) is 0 Å². The van der Waals surface area contributed by atoms with Crippen molar-refractivity contribution < 1.29 is 26.3 Å². The highest BCUT2D eigenvalue weighted by Gasteiger charge is 2.25. The summed E-state index contributed by atoms with van der Waals surface area (Å²) in [5.74, 6) is -14.2. The van der Waals surface area contributed by atoms with Crippen molar-refractivity contribution in [1.29, 1.82) is 0 Å². The molecule has 0 aliphatic rings. The second-order valence-electron chi connectivity index (χ2n) is 2.13. The first-order valence-electron chi connectivity index (χ1n) is 3.29. The monoisotopic (exact) mass is 304 g/mol. The van der Waals surface area contributed by atoms with Crippen LogP contribution in [-0.4, -0.2) is 4.30 Å². The summed E-state index contributed by atoms with van der Waals surface area (Å²) in [6, 6.07) is 0. The van der Waals surface area contributed by atoms with Crippen LogP contribution >= 0.6 is 34.8 Å². The first-order chi connectivity index (χ1) is 7.20. The van der Waals surface area contributed by atoms with Crippen molar-refractivity contribution in [1.82, 2.24) is 0 Å². The molecule has 0 bridgehead atoms. The van der Waals surface area contributed by atoms with Gasteiger partial charge in [-0.05, 0) is 0 Å².